The third-order valence-electron chi connectivity index (χ3n) is 1.65. The van der Waals surface area contributed by atoms with E-state index in [1.165, 1.54) is 8.92 Å². The van der Waals surface area contributed by atoms with Gasteiger partial charge < -0.3 is 0 Å². The van der Waals surface area contributed by atoms with Gasteiger partial charge in [-0.05, 0) is 0 Å². The average molecular weight is 298 g/mol. The van der Waals surface area contributed by atoms with Crippen LogP contribution in [0, 0.1) is 22.7 Å². The summed E-state index contributed by atoms with van der Waals surface area (Å²) < 4.78 is 1.79. The van der Waals surface area contributed by atoms with Crippen molar-refractivity contribution in [3.8, 4) is 12.1 Å². The van der Waals surface area contributed by atoms with Crippen LogP contribution in [-0.2, 0) is 0 Å². The molecule has 0 N–H and O–H groups in total. The number of nitriles is 2. The quantitative estimate of drug-likeness (QED) is 0.608. The summed E-state index contributed by atoms with van der Waals surface area (Å²) in [6.45, 7) is 0. The summed E-state index contributed by atoms with van der Waals surface area (Å²) in [4.78, 5) is 0. The molecule has 1 aliphatic heterocycles. The second-order valence-electron chi connectivity index (χ2n) is 2.49. The van der Waals surface area contributed by atoms with Gasteiger partial charge >= 0.3 is 89.0 Å². The van der Waals surface area contributed by atoms with Crippen LogP contribution in [0.2, 0.25) is 3.21 Å². The van der Waals surface area contributed by atoms with Crippen molar-refractivity contribution in [2.75, 3.05) is 0 Å². The molecule has 13 heavy (non-hydrogen) atoms. The summed E-state index contributed by atoms with van der Waals surface area (Å²) in [6.07, 6.45) is 0. The Bertz CT molecular complexity index is 387. The Morgan fingerprint density at radius 1 is 1.00 bits per heavy atom. The van der Waals surface area contributed by atoms with Crippen molar-refractivity contribution in [3.63, 3.8) is 0 Å². The van der Waals surface area contributed by atoms with E-state index in [9.17, 15) is 0 Å². The molecule has 0 aliphatic carbocycles. The van der Waals surface area contributed by atoms with Crippen LogP contribution in [0.15, 0.2) is 24.3 Å². The molecule has 1 aliphatic rings. The van der Waals surface area contributed by atoms with Gasteiger partial charge in [0.05, 0.1) is 0 Å². The first-order valence-corrected chi connectivity index (χ1v) is 7.02. The Morgan fingerprint density at radius 3 is 1.85 bits per heavy atom. The van der Waals surface area contributed by atoms with Gasteiger partial charge in [-0.15, -0.1) is 0 Å². The summed E-state index contributed by atoms with van der Waals surface area (Å²) in [7, 11) is 0. The zero-order chi connectivity index (χ0) is 9.31. The minimum absolute atomic E-state index is 0.0209. The molecule has 1 heterocycles. The van der Waals surface area contributed by atoms with Crippen LogP contribution in [-0.4, -0.2) is 29.9 Å². The summed E-state index contributed by atoms with van der Waals surface area (Å²) in [5.41, 5.74) is 0. The van der Waals surface area contributed by atoms with Crippen LogP contribution in [0.3, 0.4) is 0 Å². The molecule has 0 bridgehead atoms. The fraction of sp³-hybridized carbons (Fsp3) is 0.111. The van der Waals surface area contributed by atoms with Crippen molar-refractivity contribution in [2.45, 2.75) is 3.21 Å². The van der Waals surface area contributed by atoms with Crippen molar-refractivity contribution in [2.24, 2.45) is 0 Å². The molecule has 2 rings (SSSR count). The molecule has 0 saturated carbocycles. The average Bonchev–Trinajstić information content (AvgIpc) is 2.57. The molecule has 1 aromatic carbocycles. The molecule has 0 unspecified atom stereocenters. The van der Waals surface area contributed by atoms with Crippen LogP contribution in [0.5, 0.6) is 0 Å². The zero-order valence-corrected chi connectivity index (χ0v) is 9.95. The molecule has 0 spiro atoms. The number of fused-ring (bicyclic) bond motifs is 1. The van der Waals surface area contributed by atoms with Crippen LogP contribution in [0.1, 0.15) is 0 Å². The Labute approximate surface area is 88.9 Å². The molecule has 4 heteroatoms. The van der Waals surface area contributed by atoms with Crippen molar-refractivity contribution in [1.82, 2.24) is 0 Å². The molecular weight excluding hydrogens is 294 g/mol. The second-order valence-corrected chi connectivity index (χ2v) is 9.07. The molecule has 0 saturated heterocycles. The molecule has 62 valence electrons. The first-order chi connectivity index (χ1) is 6.29. The fourth-order valence-corrected chi connectivity index (χ4v) is 7.48. The van der Waals surface area contributed by atoms with Crippen molar-refractivity contribution < 1.29 is 0 Å². The van der Waals surface area contributed by atoms with Gasteiger partial charge in [-0.1, -0.05) is 0 Å². The van der Waals surface area contributed by atoms with E-state index in [4.69, 9.17) is 10.5 Å². The van der Waals surface area contributed by atoms with Crippen molar-refractivity contribution in [3.05, 3.63) is 24.3 Å². The third-order valence-corrected chi connectivity index (χ3v) is 8.51. The van der Waals surface area contributed by atoms with Gasteiger partial charge in [0, 0.05) is 0 Å². The van der Waals surface area contributed by atoms with E-state index >= 15 is 0 Å². The van der Waals surface area contributed by atoms with Gasteiger partial charge in [-0.25, -0.2) is 0 Å². The number of hydrogen-bond donors (Lipinski definition) is 0. The van der Waals surface area contributed by atoms with Gasteiger partial charge in [0.15, 0.2) is 0 Å². The summed E-state index contributed by atoms with van der Waals surface area (Å²) in [5.74, 6) is 0. The second kappa shape index (κ2) is 3.18. The molecule has 0 amide bonds. The Kier molecular flexibility index (Phi) is 2.16. The van der Waals surface area contributed by atoms with E-state index in [0.717, 1.165) is 0 Å². The maximum absolute atomic E-state index is 8.95. The predicted octanol–water partition coefficient (Wildman–Crippen LogP) is -0.477. The monoisotopic (exact) mass is 300 g/mol. The molecule has 0 radical (unpaired) electrons. The van der Waals surface area contributed by atoms with Crippen molar-refractivity contribution in [1.29, 1.82) is 10.5 Å². The Hall–Kier alpha value is -0.761. The third kappa shape index (κ3) is 1.39. The van der Waals surface area contributed by atoms with Gasteiger partial charge in [0.2, 0.25) is 0 Å². The van der Waals surface area contributed by atoms with Crippen LogP contribution >= 0.6 is 0 Å². The summed E-state index contributed by atoms with van der Waals surface area (Å²) in [6, 6.07) is 12.4. The van der Waals surface area contributed by atoms with Gasteiger partial charge in [0.25, 0.3) is 0 Å². The predicted molar refractivity (Wildman–Crippen MR) is 51.1 cm³/mol. The number of rotatable bonds is 0. The summed E-state index contributed by atoms with van der Waals surface area (Å²) in [5, 5.41) is 17.9. The first kappa shape index (κ1) is 8.82. The van der Waals surface area contributed by atoms with Crippen LogP contribution < -0.4 is 8.92 Å². The minimum atomic E-state index is -0.677. The number of benzene rings is 1. The maximum atomic E-state index is 8.95. The first-order valence-electron chi connectivity index (χ1n) is 3.59. The van der Waals surface area contributed by atoms with Crippen LogP contribution in [0.4, 0.5) is 0 Å². The molecular formula is C9H4N2Se2. The number of nitrogens with zero attached hydrogens (tertiary/aromatic N) is 2. The Morgan fingerprint density at radius 2 is 1.46 bits per heavy atom. The van der Waals surface area contributed by atoms with E-state index < -0.39 is 3.21 Å². The molecule has 0 atom stereocenters. The van der Waals surface area contributed by atoms with E-state index in [-0.39, 0.29) is 29.9 Å². The SMILES string of the molecule is N#CC1(C#N)[Se]c2ccccc2[Se]1. The van der Waals surface area contributed by atoms with E-state index in [1.807, 2.05) is 24.3 Å². The molecule has 0 aromatic heterocycles. The van der Waals surface area contributed by atoms with Crippen molar-refractivity contribution >= 4 is 38.8 Å². The van der Waals surface area contributed by atoms with E-state index in [2.05, 4.69) is 12.1 Å². The fourth-order valence-electron chi connectivity index (χ4n) is 1.07. The van der Waals surface area contributed by atoms with Gasteiger partial charge in [0.1, 0.15) is 0 Å². The summed E-state index contributed by atoms with van der Waals surface area (Å²) >= 11 is 0.0419. The topological polar surface area (TPSA) is 47.6 Å². The van der Waals surface area contributed by atoms with Gasteiger partial charge in [-0.2, -0.15) is 0 Å². The van der Waals surface area contributed by atoms with Crippen LogP contribution in [0.25, 0.3) is 0 Å². The molecule has 0 fully saturated rings. The van der Waals surface area contributed by atoms with E-state index in [1.54, 1.807) is 0 Å². The normalized spacial score (nSPS) is 17.1. The number of hydrogen-bond acceptors (Lipinski definition) is 2. The standard InChI is InChI=1S/C9H4N2Se2/c10-5-9(6-11)12-7-3-1-2-4-8(7)13-9/h1-4H. The molecule has 2 nitrogen and oxygen atoms in total. The molecule has 1 aromatic rings. The Balaban J connectivity index is 2.44. The van der Waals surface area contributed by atoms with Gasteiger partial charge in [-0.3, -0.25) is 0 Å². The zero-order valence-electron chi connectivity index (χ0n) is 6.52. The van der Waals surface area contributed by atoms with E-state index in [0.29, 0.717) is 0 Å².